The molecule has 0 fully saturated rings. The van der Waals surface area contributed by atoms with E-state index in [0.717, 1.165) is 0 Å². The molecule has 0 unspecified atom stereocenters. The van der Waals surface area contributed by atoms with E-state index in [0.29, 0.717) is 0 Å². The zero-order valence-electron chi connectivity index (χ0n) is 7.96. The molecule has 0 spiro atoms. The third-order valence-corrected chi connectivity index (χ3v) is 1.97. The first-order valence-electron chi connectivity index (χ1n) is 4.15. The molecule has 0 bridgehead atoms. The van der Waals surface area contributed by atoms with E-state index < -0.39 is 6.43 Å². The van der Waals surface area contributed by atoms with Gasteiger partial charge in [-0.05, 0) is 18.6 Å². The maximum Gasteiger partial charge on any atom is 0.264 e. The van der Waals surface area contributed by atoms with Crippen molar-refractivity contribution >= 4 is 0 Å². The van der Waals surface area contributed by atoms with Crippen LogP contribution in [0.2, 0.25) is 0 Å². The molecule has 0 atom stereocenters. The lowest BCUT2D eigenvalue weighted by molar-refractivity contribution is 0.150. The first-order valence-corrected chi connectivity index (χ1v) is 4.15. The van der Waals surface area contributed by atoms with E-state index in [9.17, 15) is 8.78 Å². The Balaban J connectivity index is 3.35. The van der Waals surface area contributed by atoms with E-state index in [1.165, 1.54) is 13.0 Å². The van der Waals surface area contributed by atoms with Gasteiger partial charge in [0.2, 0.25) is 0 Å². The second-order valence-electron chi connectivity index (χ2n) is 2.92. The molecule has 0 radical (unpaired) electrons. The number of pyridine rings is 1. The minimum absolute atomic E-state index is 0.0435. The first kappa shape index (κ1) is 11.1. The van der Waals surface area contributed by atoms with Crippen LogP contribution in [-0.4, -0.2) is 4.98 Å². The number of hydrogen-bond acceptors (Lipinski definition) is 3. The number of rotatable bonds is 2. The Hall–Kier alpha value is -2.01. The van der Waals surface area contributed by atoms with Gasteiger partial charge in [0.25, 0.3) is 6.43 Å². The Bertz CT molecular complexity index is 455. The van der Waals surface area contributed by atoms with Crippen LogP contribution in [0.25, 0.3) is 0 Å². The van der Waals surface area contributed by atoms with Crippen LogP contribution in [0.3, 0.4) is 0 Å². The summed E-state index contributed by atoms with van der Waals surface area (Å²) >= 11 is 0. The van der Waals surface area contributed by atoms with Crippen LogP contribution >= 0.6 is 0 Å². The zero-order chi connectivity index (χ0) is 11.4. The number of hydrogen-bond donors (Lipinski definition) is 0. The summed E-state index contributed by atoms with van der Waals surface area (Å²) < 4.78 is 25.1. The van der Waals surface area contributed by atoms with Crippen LogP contribution in [-0.2, 0) is 6.42 Å². The Labute approximate surface area is 85.6 Å². The highest BCUT2D eigenvalue weighted by Gasteiger charge is 2.15. The molecule has 0 saturated heterocycles. The maximum atomic E-state index is 12.5. The first-order chi connectivity index (χ1) is 7.10. The van der Waals surface area contributed by atoms with Crippen molar-refractivity contribution in [3.05, 3.63) is 28.6 Å². The van der Waals surface area contributed by atoms with E-state index in [1.807, 2.05) is 0 Å². The van der Waals surface area contributed by atoms with Crippen molar-refractivity contribution in [1.82, 2.24) is 4.98 Å². The molecule has 5 heteroatoms. The second kappa shape index (κ2) is 4.47. The topological polar surface area (TPSA) is 60.5 Å². The highest BCUT2D eigenvalue weighted by molar-refractivity contribution is 5.39. The fraction of sp³-hybridized carbons (Fsp3) is 0.300. The third kappa shape index (κ3) is 2.26. The number of nitrogens with zero attached hydrogens (tertiary/aromatic N) is 3. The van der Waals surface area contributed by atoms with Crippen molar-refractivity contribution in [3.63, 3.8) is 0 Å². The Kier molecular flexibility index (Phi) is 3.30. The molecule has 0 aliphatic carbocycles. The van der Waals surface area contributed by atoms with Crippen molar-refractivity contribution in [2.45, 2.75) is 19.8 Å². The molecule has 0 aliphatic rings. The van der Waals surface area contributed by atoms with Crippen LogP contribution in [0.5, 0.6) is 0 Å². The van der Waals surface area contributed by atoms with E-state index in [-0.39, 0.29) is 28.9 Å². The number of halogens is 2. The summed E-state index contributed by atoms with van der Waals surface area (Å²) in [6.07, 6.45) is -2.73. The lowest BCUT2D eigenvalue weighted by Gasteiger charge is -2.07. The highest BCUT2D eigenvalue weighted by atomic mass is 19.3. The molecule has 0 aromatic carbocycles. The van der Waals surface area contributed by atoms with Crippen molar-refractivity contribution in [1.29, 1.82) is 10.5 Å². The van der Waals surface area contributed by atoms with Gasteiger partial charge in [-0.1, -0.05) is 0 Å². The van der Waals surface area contributed by atoms with Gasteiger partial charge in [0.1, 0.15) is 11.8 Å². The summed E-state index contributed by atoms with van der Waals surface area (Å²) in [5, 5.41) is 17.1. The van der Waals surface area contributed by atoms with E-state index in [2.05, 4.69) is 4.98 Å². The van der Waals surface area contributed by atoms with Gasteiger partial charge in [-0.25, -0.2) is 13.8 Å². The molecule has 0 saturated carbocycles. The van der Waals surface area contributed by atoms with Crippen molar-refractivity contribution in [2.75, 3.05) is 0 Å². The molecule has 0 amide bonds. The maximum absolute atomic E-state index is 12.5. The van der Waals surface area contributed by atoms with E-state index in [4.69, 9.17) is 10.5 Å². The van der Waals surface area contributed by atoms with Crippen LogP contribution in [0.4, 0.5) is 8.78 Å². The number of nitriles is 2. The summed E-state index contributed by atoms with van der Waals surface area (Å²) in [6.45, 7) is 1.42. The summed E-state index contributed by atoms with van der Waals surface area (Å²) in [7, 11) is 0. The zero-order valence-corrected chi connectivity index (χ0v) is 7.96. The monoisotopic (exact) mass is 207 g/mol. The van der Waals surface area contributed by atoms with Gasteiger partial charge in [-0.3, -0.25) is 0 Å². The smallest absolute Gasteiger partial charge is 0.241 e. The third-order valence-electron chi connectivity index (χ3n) is 1.97. The minimum atomic E-state index is -2.66. The predicted molar refractivity (Wildman–Crippen MR) is 48.0 cm³/mol. The van der Waals surface area contributed by atoms with Crippen LogP contribution < -0.4 is 0 Å². The van der Waals surface area contributed by atoms with Crippen LogP contribution in [0, 0.1) is 29.6 Å². The van der Waals surface area contributed by atoms with E-state index >= 15 is 0 Å². The van der Waals surface area contributed by atoms with Gasteiger partial charge in [-0.15, -0.1) is 0 Å². The van der Waals surface area contributed by atoms with Gasteiger partial charge in [0.15, 0.2) is 0 Å². The molecular weight excluding hydrogens is 200 g/mol. The number of alkyl halides is 2. The summed E-state index contributed by atoms with van der Waals surface area (Å²) in [5.41, 5.74) is 0.106. The molecule has 0 aliphatic heterocycles. The molecule has 15 heavy (non-hydrogen) atoms. The normalized spacial score (nSPS) is 9.73. The van der Waals surface area contributed by atoms with E-state index in [1.54, 1.807) is 12.1 Å². The Morgan fingerprint density at radius 1 is 1.47 bits per heavy atom. The van der Waals surface area contributed by atoms with Crippen molar-refractivity contribution < 1.29 is 8.78 Å². The molecule has 0 N–H and O–H groups in total. The Morgan fingerprint density at radius 2 is 2.13 bits per heavy atom. The quantitative estimate of drug-likeness (QED) is 0.747. The van der Waals surface area contributed by atoms with Crippen molar-refractivity contribution in [2.24, 2.45) is 0 Å². The van der Waals surface area contributed by atoms with Gasteiger partial charge in [0.05, 0.1) is 18.2 Å². The largest absolute Gasteiger partial charge is 0.264 e. The SMILES string of the molecule is Cc1c(C(F)F)cc(CC#N)nc1C#N. The van der Waals surface area contributed by atoms with Gasteiger partial charge in [0, 0.05) is 5.56 Å². The summed E-state index contributed by atoms with van der Waals surface area (Å²) in [6, 6.07) is 4.71. The minimum Gasteiger partial charge on any atom is -0.241 e. The predicted octanol–water partition coefficient (Wildman–Crippen LogP) is 2.27. The fourth-order valence-corrected chi connectivity index (χ4v) is 1.19. The molecular formula is C10H7F2N3. The Morgan fingerprint density at radius 3 is 2.60 bits per heavy atom. The van der Waals surface area contributed by atoms with Gasteiger partial charge in [-0.2, -0.15) is 10.5 Å². The molecule has 1 heterocycles. The van der Waals surface area contributed by atoms with Gasteiger partial charge < -0.3 is 0 Å². The number of aromatic nitrogens is 1. The molecule has 1 aromatic rings. The highest BCUT2D eigenvalue weighted by Crippen LogP contribution is 2.24. The lowest BCUT2D eigenvalue weighted by atomic mass is 10.1. The molecule has 3 nitrogen and oxygen atoms in total. The molecule has 76 valence electrons. The van der Waals surface area contributed by atoms with Crippen molar-refractivity contribution in [3.8, 4) is 12.1 Å². The fourth-order valence-electron chi connectivity index (χ4n) is 1.19. The second-order valence-corrected chi connectivity index (χ2v) is 2.92. The molecule has 1 rings (SSSR count). The standard InChI is InChI=1S/C10H7F2N3/c1-6-8(10(11)12)4-7(2-3-13)15-9(6)5-14/h4,10H,2H2,1H3. The summed E-state index contributed by atoms with van der Waals surface area (Å²) in [5.74, 6) is 0. The average molecular weight is 207 g/mol. The average Bonchev–Trinajstić information content (AvgIpc) is 2.20. The van der Waals surface area contributed by atoms with Gasteiger partial charge >= 0.3 is 0 Å². The summed E-state index contributed by atoms with van der Waals surface area (Å²) in [4.78, 5) is 3.81. The lowest BCUT2D eigenvalue weighted by Crippen LogP contribution is -2.01. The van der Waals surface area contributed by atoms with Crippen LogP contribution in [0.15, 0.2) is 6.07 Å². The molecule has 1 aromatic heterocycles. The van der Waals surface area contributed by atoms with Crippen LogP contribution in [0.1, 0.15) is 28.9 Å².